The van der Waals surface area contributed by atoms with Gasteiger partial charge in [-0.1, -0.05) is 0 Å². The molecule has 0 N–H and O–H groups in total. The van der Waals surface area contributed by atoms with Gasteiger partial charge in [0.25, 0.3) is 0 Å². The van der Waals surface area contributed by atoms with E-state index in [1.165, 1.54) is 11.3 Å². The number of aromatic nitrogens is 1. The van der Waals surface area contributed by atoms with Gasteiger partial charge in [-0.2, -0.15) is 0 Å². The molecule has 0 saturated carbocycles. The number of hydrogen-bond acceptors (Lipinski definition) is 5. The Kier molecular flexibility index (Phi) is 3.88. The second-order valence-electron chi connectivity index (χ2n) is 2.93. The van der Waals surface area contributed by atoms with Gasteiger partial charge in [0.15, 0.2) is 5.13 Å². The van der Waals surface area contributed by atoms with Gasteiger partial charge in [-0.15, -0.1) is 11.3 Å². The first kappa shape index (κ1) is 11.0. The maximum Gasteiger partial charge on any atom is 0.325 e. The van der Waals surface area contributed by atoms with E-state index in [-0.39, 0.29) is 12.5 Å². The Morgan fingerprint density at radius 2 is 2.43 bits per heavy atom. The predicted molar refractivity (Wildman–Crippen MR) is 56.8 cm³/mol. The molecule has 0 radical (unpaired) electrons. The Labute approximate surface area is 87.5 Å². The van der Waals surface area contributed by atoms with Crippen molar-refractivity contribution < 1.29 is 9.53 Å². The number of thiazole rings is 1. The van der Waals surface area contributed by atoms with Crippen molar-refractivity contribution in [2.24, 2.45) is 0 Å². The lowest BCUT2D eigenvalue weighted by Gasteiger charge is -2.13. The lowest BCUT2D eigenvalue weighted by molar-refractivity contribution is -0.141. The number of nitrogens with zero attached hydrogens (tertiary/aromatic N) is 2. The summed E-state index contributed by atoms with van der Waals surface area (Å²) in [6.07, 6.45) is 0. The van der Waals surface area contributed by atoms with E-state index in [4.69, 9.17) is 4.74 Å². The largest absolute Gasteiger partial charge is 0.465 e. The van der Waals surface area contributed by atoms with Gasteiger partial charge >= 0.3 is 5.97 Å². The molecule has 0 aliphatic rings. The number of hydrogen-bond donors (Lipinski definition) is 0. The lowest BCUT2D eigenvalue weighted by atomic mass is 10.6. The van der Waals surface area contributed by atoms with Crippen LogP contribution in [0.15, 0.2) is 5.38 Å². The molecule has 0 fully saturated rings. The third-order valence-corrected chi connectivity index (χ3v) is 2.68. The molecule has 0 unspecified atom stereocenters. The number of esters is 1. The van der Waals surface area contributed by atoms with Gasteiger partial charge in [-0.05, 0) is 13.8 Å². The van der Waals surface area contributed by atoms with E-state index in [0.29, 0.717) is 6.61 Å². The molecule has 0 spiro atoms. The number of anilines is 1. The standard InChI is InChI=1S/C9H14N2O2S/c1-4-13-8(12)5-11(3)9-10-7(2)6-14-9/h6H,4-5H2,1-3H3. The molecule has 0 saturated heterocycles. The first-order chi connectivity index (χ1) is 6.63. The van der Waals surface area contributed by atoms with Crippen LogP contribution in [0, 0.1) is 6.92 Å². The first-order valence-corrected chi connectivity index (χ1v) is 5.30. The van der Waals surface area contributed by atoms with Crippen LogP contribution >= 0.6 is 11.3 Å². The average Bonchev–Trinajstić information content (AvgIpc) is 2.52. The van der Waals surface area contributed by atoms with Crippen LogP contribution in [0.4, 0.5) is 5.13 Å². The molecule has 0 bridgehead atoms. The van der Waals surface area contributed by atoms with Crippen LogP contribution in [0.2, 0.25) is 0 Å². The summed E-state index contributed by atoms with van der Waals surface area (Å²) in [7, 11) is 1.83. The van der Waals surface area contributed by atoms with Gasteiger partial charge in [-0.25, -0.2) is 4.98 Å². The Morgan fingerprint density at radius 3 is 2.93 bits per heavy atom. The zero-order valence-electron chi connectivity index (χ0n) is 8.61. The van der Waals surface area contributed by atoms with Gasteiger partial charge in [0.2, 0.25) is 0 Å². The van der Waals surface area contributed by atoms with Crippen molar-refractivity contribution in [3.05, 3.63) is 11.1 Å². The number of rotatable bonds is 4. The summed E-state index contributed by atoms with van der Waals surface area (Å²) in [4.78, 5) is 17.2. The third kappa shape index (κ3) is 2.99. The Hall–Kier alpha value is -1.10. The van der Waals surface area contributed by atoms with Gasteiger partial charge < -0.3 is 9.64 Å². The zero-order chi connectivity index (χ0) is 10.6. The minimum absolute atomic E-state index is 0.220. The van der Waals surface area contributed by atoms with E-state index in [0.717, 1.165) is 10.8 Å². The smallest absolute Gasteiger partial charge is 0.325 e. The summed E-state index contributed by atoms with van der Waals surface area (Å²) in [6.45, 7) is 4.40. The van der Waals surface area contributed by atoms with Crippen molar-refractivity contribution in [2.45, 2.75) is 13.8 Å². The molecule has 0 aliphatic carbocycles. The van der Waals surface area contributed by atoms with Crippen LogP contribution < -0.4 is 4.90 Å². The molecule has 0 amide bonds. The van der Waals surface area contributed by atoms with E-state index in [9.17, 15) is 4.79 Å². The number of likely N-dealkylation sites (N-methyl/N-ethyl adjacent to an activating group) is 1. The molecule has 14 heavy (non-hydrogen) atoms. The number of carbonyl (C=O) groups excluding carboxylic acids is 1. The maximum absolute atomic E-state index is 11.1. The summed E-state index contributed by atoms with van der Waals surface area (Å²) in [5.41, 5.74) is 0.973. The molecular weight excluding hydrogens is 200 g/mol. The summed E-state index contributed by atoms with van der Waals surface area (Å²) < 4.78 is 4.84. The highest BCUT2D eigenvalue weighted by Gasteiger charge is 2.10. The number of carbonyl (C=O) groups is 1. The van der Waals surface area contributed by atoms with Crippen molar-refractivity contribution in [1.82, 2.24) is 4.98 Å². The van der Waals surface area contributed by atoms with Crippen molar-refractivity contribution in [3.63, 3.8) is 0 Å². The summed E-state index contributed by atoms with van der Waals surface area (Å²) >= 11 is 1.52. The summed E-state index contributed by atoms with van der Waals surface area (Å²) in [5.74, 6) is -0.220. The minimum Gasteiger partial charge on any atom is -0.465 e. The second-order valence-corrected chi connectivity index (χ2v) is 3.77. The van der Waals surface area contributed by atoms with Crippen molar-refractivity contribution in [2.75, 3.05) is 25.1 Å². The quantitative estimate of drug-likeness (QED) is 0.711. The van der Waals surface area contributed by atoms with Crippen molar-refractivity contribution >= 4 is 22.4 Å². The monoisotopic (exact) mass is 214 g/mol. The molecular formula is C9H14N2O2S. The highest BCUT2D eigenvalue weighted by Crippen LogP contribution is 2.18. The third-order valence-electron chi connectivity index (χ3n) is 1.61. The minimum atomic E-state index is -0.220. The van der Waals surface area contributed by atoms with Crippen molar-refractivity contribution in [3.8, 4) is 0 Å². The Balaban J connectivity index is 2.50. The van der Waals surface area contributed by atoms with Gasteiger partial charge in [0.1, 0.15) is 6.54 Å². The predicted octanol–water partition coefficient (Wildman–Crippen LogP) is 1.45. The van der Waals surface area contributed by atoms with E-state index in [1.807, 2.05) is 19.4 Å². The van der Waals surface area contributed by atoms with Crippen LogP contribution in [-0.2, 0) is 9.53 Å². The number of aryl methyl sites for hydroxylation is 1. The molecule has 1 rings (SSSR count). The maximum atomic E-state index is 11.1. The fourth-order valence-corrected chi connectivity index (χ4v) is 1.75. The van der Waals surface area contributed by atoms with Crippen LogP contribution in [-0.4, -0.2) is 31.2 Å². The van der Waals surface area contributed by atoms with Gasteiger partial charge in [-0.3, -0.25) is 4.79 Å². The van der Waals surface area contributed by atoms with E-state index in [1.54, 1.807) is 11.8 Å². The van der Waals surface area contributed by atoms with Gasteiger partial charge in [0, 0.05) is 12.4 Å². The van der Waals surface area contributed by atoms with Gasteiger partial charge in [0.05, 0.1) is 12.3 Å². The Bertz CT molecular complexity index is 312. The zero-order valence-corrected chi connectivity index (χ0v) is 9.43. The molecule has 1 aromatic heterocycles. The average molecular weight is 214 g/mol. The molecule has 78 valence electrons. The lowest BCUT2D eigenvalue weighted by Crippen LogP contribution is -2.26. The molecule has 1 aromatic rings. The molecule has 1 heterocycles. The second kappa shape index (κ2) is 4.95. The fourth-order valence-electron chi connectivity index (χ4n) is 0.985. The fraction of sp³-hybridized carbons (Fsp3) is 0.556. The Morgan fingerprint density at radius 1 is 1.71 bits per heavy atom. The molecule has 0 aliphatic heterocycles. The van der Waals surface area contributed by atoms with E-state index < -0.39 is 0 Å². The summed E-state index contributed by atoms with van der Waals surface area (Å²) in [6, 6.07) is 0. The van der Waals surface area contributed by atoms with Crippen LogP contribution in [0.5, 0.6) is 0 Å². The highest BCUT2D eigenvalue weighted by molar-refractivity contribution is 7.13. The first-order valence-electron chi connectivity index (χ1n) is 4.42. The van der Waals surface area contributed by atoms with E-state index in [2.05, 4.69) is 4.98 Å². The molecule has 0 atom stereocenters. The highest BCUT2D eigenvalue weighted by atomic mass is 32.1. The summed E-state index contributed by atoms with van der Waals surface area (Å²) in [5, 5.41) is 2.80. The van der Waals surface area contributed by atoms with Crippen LogP contribution in [0.25, 0.3) is 0 Å². The van der Waals surface area contributed by atoms with E-state index >= 15 is 0 Å². The van der Waals surface area contributed by atoms with Crippen LogP contribution in [0.1, 0.15) is 12.6 Å². The number of ether oxygens (including phenoxy) is 1. The normalized spacial score (nSPS) is 9.93. The molecule has 0 aromatic carbocycles. The molecule has 4 nitrogen and oxygen atoms in total. The molecule has 5 heteroatoms. The topological polar surface area (TPSA) is 42.4 Å². The van der Waals surface area contributed by atoms with Crippen LogP contribution in [0.3, 0.4) is 0 Å². The van der Waals surface area contributed by atoms with Crippen molar-refractivity contribution in [1.29, 1.82) is 0 Å². The SMILES string of the molecule is CCOC(=O)CN(C)c1nc(C)cs1.